The molecule has 0 aromatic carbocycles. The van der Waals surface area contributed by atoms with Crippen molar-refractivity contribution in [3.63, 3.8) is 0 Å². The van der Waals surface area contributed by atoms with Gasteiger partial charge in [0.15, 0.2) is 11.4 Å². The Morgan fingerprint density at radius 3 is 2.11 bits per heavy atom. The Labute approximate surface area is 272 Å². The number of hydrogen-bond acceptors (Lipinski definition) is 13. The average Bonchev–Trinajstić information content (AvgIpc) is 3.85. The molecular formula is C34H45NO12. The molecule has 3 saturated heterocycles. The Hall–Kier alpha value is -2.61. The number of rotatable bonds is 3. The number of ketones is 1. The maximum absolute atomic E-state index is 14.9. The Kier molecular flexibility index (Phi) is 6.15. The highest BCUT2D eigenvalue weighted by atomic mass is 16.8. The number of aliphatic hydroxyl groups is 1. The van der Waals surface area contributed by atoms with E-state index < -0.39 is 112 Å². The molecule has 8 aliphatic rings. The monoisotopic (exact) mass is 659 g/mol. The fourth-order valence-corrected chi connectivity index (χ4v) is 12.9. The smallest absolute Gasteiger partial charge is 0.341 e. The Bertz CT molecular complexity index is 1510. The van der Waals surface area contributed by atoms with Crippen LogP contribution in [-0.4, -0.2) is 88.8 Å². The molecule has 47 heavy (non-hydrogen) atoms. The first kappa shape index (κ1) is 31.6. The first-order chi connectivity index (χ1) is 21.8. The van der Waals surface area contributed by atoms with Crippen LogP contribution in [0, 0.1) is 57.7 Å². The summed E-state index contributed by atoms with van der Waals surface area (Å²) < 4.78 is 36.9. The van der Waals surface area contributed by atoms with Gasteiger partial charge in [0.2, 0.25) is 5.79 Å². The fourth-order valence-electron chi connectivity index (χ4n) is 12.9. The second-order valence-electron chi connectivity index (χ2n) is 16.6. The fraction of sp³-hybridized carbons (Fsp3) is 0.853. The molecule has 13 nitrogen and oxygen atoms in total. The van der Waals surface area contributed by atoms with Gasteiger partial charge in [-0.05, 0) is 49.9 Å². The third kappa shape index (κ3) is 3.47. The van der Waals surface area contributed by atoms with Crippen molar-refractivity contribution in [2.75, 3.05) is 0 Å². The van der Waals surface area contributed by atoms with Gasteiger partial charge in [-0.3, -0.25) is 19.2 Å². The lowest BCUT2D eigenvalue weighted by Crippen LogP contribution is -2.73. The van der Waals surface area contributed by atoms with Gasteiger partial charge >= 0.3 is 23.9 Å². The number of carbonyl (C=O) groups is 5. The van der Waals surface area contributed by atoms with Crippen LogP contribution in [0.15, 0.2) is 0 Å². The van der Waals surface area contributed by atoms with E-state index in [1.807, 2.05) is 13.8 Å². The van der Waals surface area contributed by atoms with Gasteiger partial charge in [0.05, 0.1) is 23.7 Å². The number of ether oxygens (including phenoxy) is 6. The van der Waals surface area contributed by atoms with E-state index in [1.165, 1.54) is 27.7 Å². The van der Waals surface area contributed by atoms with Crippen LogP contribution in [0.25, 0.3) is 0 Å². The molecule has 0 bridgehead atoms. The molecule has 2 unspecified atom stereocenters. The highest BCUT2D eigenvalue weighted by molar-refractivity contribution is 5.89. The number of esters is 4. The molecule has 8 fully saturated rings. The molecule has 5 aliphatic carbocycles. The molecule has 8 rings (SSSR count). The summed E-state index contributed by atoms with van der Waals surface area (Å²) in [6.07, 6.45) is -2.71. The van der Waals surface area contributed by atoms with Crippen LogP contribution < -0.4 is 5.73 Å². The third-order valence-corrected chi connectivity index (χ3v) is 14.7. The van der Waals surface area contributed by atoms with Gasteiger partial charge in [-0.15, -0.1) is 0 Å². The van der Waals surface area contributed by atoms with Gasteiger partial charge in [-0.2, -0.15) is 0 Å². The molecule has 1 spiro atoms. The van der Waals surface area contributed by atoms with Gasteiger partial charge in [-0.1, -0.05) is 20.8 Å². The maximum atomic E-state index is 14.9. The summed E-state index contributed by atoms with van der Waals surface area (Å²) in [4.78, 5) is 67.4. The van der Waals surface area contributed by atoms with Gasteiger partial charge in [-0.25, -0.2) is 4.79 Å². The first-order valence-corrected chi connectivity index (χ1v) is 16.9. The zero-order valence-electron chi connectivity index (χ0n) is 28.0. The number of hydrogen-bond donors (Lipinski definition) is 2. The Balaban J connectivity index is 1.40. The highest BCUT2D eigenvalue weighted by Crippen LogP contribution is 2.81. The molecule has 19 atom stereocenters. The van der Waals surface area contributed by atoms with Crippen LogP contribution in [0.3, 0.4) is 0 Å². The molecule has 0 amide bonds. The van der Waals surface area contributed by atoms with Crippen molar-refractivity contribution >= 4 is 29.7 Å². The van der Waals surface area contributed by atoms with E-state index in [4.69, 9.17) is 34.2 Å². The van der Waals surface area contributed by atoms with Gasteiger partial charge in [0.25, 0.3) is 0 Å². The first-order valence-electron chi connectivity index (χ1n) is 16.9. The van der Waals surface area contributed by atoms with Crippen LogP contribution >= 0.6 is 0 Å². The van der Waals surface area contributed by atoms with Crippen molar-refractivity contribution in [2.45, 2.75) is 122 Å². The van der Waals surface area contributed by atoms with E-state index in [2.05, 4.69) is 6.92 Å². The number of epoxide rings is 2. The normalized spacial score (nSPS) is 59.0. The topological polar surface area (TPSA) is 194 Å². The quantitative estimate of drug-likeness (QED) is 0.248. The number of fused-ring (bicyclic) bond motifs is 9. The summed E-state index contributed by atoms with van der Waals surface area (Å²) >= 11 is 0. The summed E-state index contributed by atoms with van der Waals surface area (Å²) in [6.45, 7) is 12.9. The van der Waals surface area contributed by atoms with Gasteiger partial charge < -0.3 is 39.3 Å². The van der Waals surface area contributed by atoms with E-state index >= 15 is 0 Å². The van der Waals surface area contributed by atoms with Crippen LogP contribution in [-0.2, 0) is 52.4 Å². The molecular weight excluding hydrogens is 614 g/mol. The van der Waals surface area contributed by atoms with Crippen LogP contribution in [0.5, 0.6) is 0 Å². The molecule has 3 heterocycles. The van der Waals surface area contributed by atoms with E-state index in [9.17, 15) is 29.1 Å². The number of Topliss-reactive ketones (excluding diaryl/α,β-unsaturated/α-hetero) is 1. The molecule has 258 valence electrons. The largest absolute Gasteiger partial charge is 0.462 e. The molecule has 13 heteroatoms. The molecule has 0 aromatic rings. The molecule has 3 N–H and O–H groups in total. The van der Waals surface area contributed by atoms with E-state index in [-0.39, 0.29) is 29.8 Å². The maximum Gasteiger partial charge on any atom is 0.341 e. The van der Waals surface area contributed by atoms with Crippen molar-refractivity contribution < 1.29 is 57.5 Å². The Morgan fingerprint density at radius 1 is 0.872 bits per heavy atom. The lowest BCUT2D eigenvalue weighted by molar-refractivity contribution is -0.248. The minimum Gasteiger partial charge on any atom is -0.462 e. The standard InChI is InChI=1S/C34H45NO12/c1-11-19-22(32(7)33(8,41)29(40)47-34(32)27(11)46-34)25(42-12(2)36)21-18-20(26(43-13(3)37)28(31(19,21)6)44-14(4)38)30(5)10-17-16(45-17)9-15(30)23(35)24(18)39/h11,15-23,25-28,41H,9-10,35H2,1-8H3/t11-,15+,16-,17+,18?,19-,20?,21+,22-,23-,25+,26-,27+,28-,30-,31+,32-,33+,34-/m0/s1. The predicted molar refractivity (Wildman–Crippen MR) is 156 cm³/mol. The Morgan fingerprint density at radius 2 is 1.49 bits per heavy atom. The second-order valence-corrected chi connectivity index (χ2v) is 16.6. The third-order valence-electron chi connectivity index (χ3n) is 14.7. The van der Waals surface area contributed by atoms with Crippen molar-refractivity contribution in [1.29, 1.82) is 0 Å². The SMILES string of the molecule is CC(=O)O[C@H]1[C@@H]2[C@H]([C@H](C)[C@H]3O[C@]34OC(=O)[C@@](C)(O)[C@]24C)[C@]2(C)[C@@H]1C1C(=O)[C@@H](N)[C@H]3C[C@@H]4O[C@@H]4C[C@]3(C)C1[C@H](OC(C)=O)[C@@H]2OC(C)=O. The summed E-state index contributed by atoms with van der Waals surface area (Å²) in [5.41, 5.74) is 1.51. The van der Waals surface area contributed by atoms with Crippen LogP contribution in [0.2, 0.25) is 0 Å². The van der Waals surface area contributed by atoms with E-state index in [0.29, 0.717) is 12.8 Å². The van der Waals surface area contributed by atoms with E-state index in [0.717, 1.165) is 0 Å². The van der Waals surface area contributed by atoms with Gasteiger partial charge in [0.1, 0.15) is 24.4 Å². The van der Waals surface area contributed by atoms with Crippen molar-refractivity contribution in [1.82, 2.24) is 0 Å². The minimum absolute atomic E-state index is 0.00256. The molecule has 0 radical (unpaired) electrons. The van der Waals surface area contributed by atoms with Crippen LogP contribution in [0.4, 0.5) is 0 Å². The molecule has 5 saturated carbocycles. The summed E-state index contributed by atoms with van der Waals surface area (Å²) in [6, 6.07) is -0.866. The number of nitrogens with two attached hydrogens (primary N) is 1. The summed E-state index contributed by atoms with van der Waals surface area (Å²) in [5.74, 6) is -8.77. The van der Waals surface area contributed by atoms with Crippen molar-refractivity contribution in [3.8, 4) is 0 Å². The summed E-state index contributed by atoms with van der Waals surface area (Å²) in [7, 11) is 0. The van der Waals surface area contributed by atoms with Gasteiger partial charge in [0, 0.05) is 49.9 Å². The van der Waals surface area contributed by atoms with Crippen molar-refractivity contribution in [2.24, 2.45) is 63.4 Å². The van der Waals surface area contributed by atoms with Crippen LogP contribution in [0.1, 0.15) is 68.2 Å². The van der Waals surface area contributed by atoms with Crippen molar-refractivity contribution in [3.05, 3.63) is 0 Å². The minimum atomic E-state index is -2.07. The highest BCUT2D eigenvalue weighted by Gasteiger charge is 2.93. The zero-order valence-corrected chi connectivity index (χ0v) is 28.0. The molecule has 0 aromatic heterocycles. The summed E-state index contributed by atoms with van der Waals surface area (Å²) in [5, 5.41) is 12.0. The zero-order chi connectivity index (χ0) is 34.1. The molecule has 3 aliphatic heterocycles. The second kappa shape index (κ2) is 9.13. The lowest BCUT2D eigenvalue weighted by Gasteiger charge is -2.64. The lowest BCUT2D eigenvalue weighted by atomic mass is 9.41. The van der Waals surface area contributed by atoms with E-state index in [1.54, 1.807) is 6.92 Å². The predicted octanol–water partition coefficient (Wildman–Crippen LogP) is 1.05. The number of carbonyl (C=O) groups excluding carboxylic acids is 5. The average molecular weight is 660 g/mol.